The largest absolute Gasteiger partial charge is 0.395 e. The first-order valence-electron chi connectivity index (χ1n) is 4.50. The molecule has 0 amide bonds. The van der Waals surface area contributed by atoms with E-state index >= 15 is 0 Å². The van der Waals surface area contributed by atoms with E-state index in [1.807, 2.05) is 6.07 Å². The Bertz CT molecular complexity index is 434. The predicted octanol–water partition coefficient (Wildman–Crippen LogP) is 2.16. The van der Waals surface area contributed by atoms with Gasteiger partial charge in [-0.1, -0.05) is 35.0 Å². The summed E-state index contributed by atoms with van der Waals surface area (Å²) >= 11 is 0. The van der Waals surface area contributed by atoms with E-state index in [1.165, 1.54) is 17.3 Å². The van der Waals surface area contributed by atoms with Gasteiger partial charge in [-0.05, 0) is 12.5 Å². The highest BCUT2D eigenvalue weighted by atomic mass is 16.5. The number of anilines is 1. The zero-order valence-electron chi connectivity index (χ0n) is 8.03. The van der Waals surface area contributed by atoms with Gasteiger partial charge in [-0.2, -0.15) is 0 Å². The van der Waals surface area contributed by atoms with Crippen molar-refractivity contribution in [3.8, 4) is 0 Å². The lowest BCUT2D eigenvalue weighted by Gasteiger charge is -1.99. The minimum Gasteiger partial charge on any atom is -0.395 e. The third kappa shape index (κ3) is 1.76. The number of nitrogens with zero attached hydrogens (tertiary/aromatic N) is 1. The lowest BCUT2D eigenvalue weighted by molar-refractivity contribution is 0.390. The van der Waals surface area contributed by atoms with E-state index in [9.17, 15) is 0 Å². The van der Waals surface area contributed by atoms with Crippen LogP contribution in [0.5, 0.6) is 0 Å². The van der Waals surface area contributed by atoms with E-state index in [0.717, 1.165) is 5.76 Å². The van der Waals surface area contributed by atoms with Crippen molar-refractivity contribution in [3.05, 3.63) is 47.3 Å². The highest BCUT2D eigenvalue weighted by molar-refractivity contribution is 5.41. The number of hydrogen-bond donors (Lipinski definition) is 1. The fourth-order valence-electron chi connectivity index (χ4n) is 1.41. The summed E-state index contributed by atoms with van der Waals surface area (Å²) in [5.41, 5.74) is 8.71. The molecule has 72 valence electrons. The van der Waals surface area contributed by atoms with Gasteiger partial charge in [0.2, 0.25) is 0 Å². The highest BCUT2D eigenvalue weighted by Crippen LogP contribution is 2.15. The van der Waals surface area contributed by atoms with Crippen LogP contribution in [0.1, 0.15) is 16.9 Å². The first kappa shape index (κ1) is 8.81. The third-order valence-electron chi connectivity index (χ3n) is 2.12. The SMILES string of the molecule is Cc1cccc(Cc2oncc2N)c1. The number of benzene rings is 1. The summed E-state index contributed by atoms with van der Waals surface area (Å²) in [4.78, 5) is 0. The maximum Gasteiger partial charge on any atom is 0.163 e. The van der Waals surface area contributed by atoms with Crippen LogP contribution in [0.4, 0.5) is 5.69 Å². The summed E-state index contributed by atoms with van der Waals surface area (Å²) in [6.07, 6.45) is 2.23. The normalized spacial score (nSPS) is 10.4. The minimum atomic E-state index is 0.617. The molecule has 0 fully saturated rings. The van der Waals surface area contributed by atoms with Crippen molar-refractivity contribution in [3.63, 3.8) is 0 Å². The Hall–Kier alpha value is -1.77. The Kier molecular flexibility index (Phi) is 2.23. The summed E-state index contributed by atoms with van der Waals surface area (Å²) in [5.74, 6) is 0.732. The van der Waals surface area contributed by atoms with Gasteiger partial charge in [0.25, 0.3) is 0 Å². The molecule has 3 nitrogen and oxygen atoms in total. The quantitative estimate of drug-likeness (QED) is 0.785. The first-order valence-corrected chi connectivity index (χ1v) is 4.50. The van der Waals surface area contributed by atoms with E-state index in [0.29, 0.717) is 12.1 Å². The lowest BCUT2D eigenvalue weighted by atomic mass is 10.1. The second kappa shape index (κ2) is 3.54. The topological polar surface area (TPSA) is 52.0 Å². The molecule has 0 spiro atoms. The zero-order valence-corrected chi connectivity index (χ0v) is 8.03. The molecule has 0 aliphatic rings. The van der Waals surface area contributed by atoms with Crippen LogP contribution in [0.2, 0.25) is 0 Å². The molecule has 1 heterocycles. The zero-order chi connectivity index (χ0) is 9.97. The summed E-state index contributed by atoms with van der Waals surface area (Å²) in [6, 6.07) is 8.25. The predicted molar refractivity (Wildman–Crippen MR) is 54.9 cm³/mol. The molecule has 2 N–H and O–H groups in total. The molecule has 0 aliphatic carbocycles. The van der Waals surface area contributed by atoms with Gasteiger partial charge in [-0.3, -0.25) is 0 Å². The van der Waals surface area contributed by atoms with Gasteiger partial charge in [0.05, 0.1) is 11.9 Å². The van der Waals surface area contributed by atoms with Gasteiger partial charge in [0.1, 0.15) is 0 Å². The Morgan fingerprint density at radius 3 is 2.93 bits per heavy atom. The molecule has 0 aliphatic heterocycles. The Labute approximate surface area is 82.5 Å². The van der Waals surface area contributed by atoms with Crippen molar-refractivity contribution in [1.29, 1.82) is 0 Å². The van der Waals surface area contributed by atoms with Crippen LogP contribution < -0.4 is 5.73 Å². The van der Waals surface area contributed by atoms with Crippen molar-refractivity contribution in [1.82, 2.24) is 5.16 Å². The van der Waals surface area contributed by atoms with Crippen molar-refractivity contribution < 1.29 is 4.52 Å². The molecule has 0 radical (unpaired) electrons. The number of hydrogen-bond acceptors (Lipinski definition) is 3. The van der Waals surface area contributed by atoms with E-state index in [4.69, 9.17) is 10.3 Å². The number of rotatable bonds is 2. The third-order valence-corrected chi connectivity index (χ3v) is 2.12. The monoisotopic (exact) mass is 188 g/mol. The molecule has 0 saturated carbocycles. The molecule has 0 saturated heterocycles. The van der Waals surface area contributed by atoms with Crippen molar-refractivity contribution in [2.45, 2.75) is 13.3 Å². The highest BCUT2D eigenvalue weighted by Gasteiger charge is 2.05. The van der Waals surface area contributed by atoms with Crippen LogP contribution in [-0.2, 0) is 6.42 Å². The Morgan fingerprint density at radius 1 is 1.43 bits per heavy atom. The summed E-state index contributed by atoms with van der Waals surface area (Å²) < 4.78 is 5.03. The molecule has 2 rings (SSSR count). The second-order valence-electron chi connectivity index (χ2n) is 3.37. The van der Waals surface area contributed by atoms with E-state index < -0.39 is 0 Å². The standard InChI is InChI=1S/C11H12N2O/c1-8-3-2-4-9(5-8)6-11-10(12)7-13-14-11/h2-5,7H,6,12H2,1H3. The van der Waals surface area contributed by atoms with Crippen molar-refractivity contribution >= 4 is 5.69 Å². The van der Waals surface area contributed by atoms with Crippen molar-refractivity contribution in [2.75, 3.05) is 5.73 Å². The van der Waals surface area contributed by atoms with Crippen molar-refractivity contribution in [2.24, 2.45) is 0 Å². The van der Waals surface area contributed by atoms with Crippen LogP contribution >= 0.6 is 0 Å². The van der Waals surface area contributed by atoms with Gasteiger partial charge in [0.15, 0.2) is 5.76 Å². The van der Waals surface area contributed by atoms with E-state index in [2.05, 4.69) is 30.3 Å². The maximum atomic E-state index is 5.67. The fourth-order valence-corrected chi connectivity index (χ4v) is 1.41. The van der Waals surface area contributed by atoms with Crippen LogP contribution in [0.3, 0.4) is 0 Å². The summed E-state index contributed by atoms with van der Waals surface area (Å²) in [5, 5.41) is 3.64. The summed E-state index contributed by atoms with van der Waals surface area (Å²) in [6.45, 7) is 2.06. The fraction of sp³-hybridized carbons (Fsp3) is 0.182. The Balaban J connectivity index is 2.23. The van der Waals surface area contributed by atoms with Crippen LogP contribution in [-0.4, -0.2) is 5.16 Å². The molecular weight excluding hydrogens is 176 g/mol. The van der Waals surface area contributed by atoms with Gasteiger partial charge in [0, 0.05) is 6.42 Å². The molecule has 0 unspecified atom stereocenters. The Morgan fingerprint density at radius 2 is 2.29 bits per heavy atom. The van der Waals surface area contributed by atoms with Gasteiger partial charge < -0.3 is 10.3 Å². The average molecular weight is 188 g/mol. The number of nitrogens with two attached hydrogens (primary N) is 1. The molecule has 2 aromatic rings. The van der Waals surface area contributed by atoms with Crippen LogP contribution in [0.15, 0.2) is 35.0 Å². The van der Waals surface area contributed by atoms with Crippen LogP contribution in [0.25, 0.3) is 0 Å². The lowest BCUT2D eigenvalue weighted by Crippen LogP contribution is -1.91. The average Bonchev–Trinajstić information content (AvgIpc) is 2.52. The number of nitrogen functional groups attached to an aromatic ring is 1. The second-order valence-corrected chi connectivity index (χ2v) is 3.37. The molecule has 3 heteroatoms. The first-order chi connectivity index (χ1) is 6.75. The minimum absolute atomic E-state index is 0.617. The van der Waals surface area contributed by atoms with E-state index in [1.54, 1.807) is 0 Å². The molecule has 0 bridgehead atoms. The number of aromatic nitrogens is 1. The van der Waals surface area contributed by atoms with Crippen LogP contribution in [0, 0.1) is 6.92 Å². The number of aryl methyl sites for hydroxylation is 1. The molecule has 1 aromatic carbocycles. The molecule has 14 heavy (non-hydrogen) atoms. The molecular formula is C11H12N2O. The summed E-state index contributed by atoms with van der Waals surface area (Å²) in [7, 11) is 0. The van der Waals surface area contributed by atoms with Gasteiger partial charge >= 0.3 is 0 Å². The molecule has 0 atom stereocenters. The van der Waals surface area contributed by atoms with Gasteiger partial charge in [-0.25, -0.2) is 0 Å². The van der Waals surface area contributed by atoms with Gasteiger partial charge in [-0.15, -0.1) is 0 Å². The smallest absolute Gasteiger partial charge is 0.163 e. The molecule has 1 aromatic heterocycles. The van der Waals surface area contributed by atoms with E-state index in [-0.39, 0.29) is 0 Å². The maximum absolute atomic E-state index is 5.67.